The van der Waals surface area contributed by atoms with E-state index in [1.165, 1.54) is 5.56 Å². The molecule has 1 unspecified atom stereocenters. The van der Waals surface area contributed by atoms with Gasteiger partial charge in [-0.1, -0.05) is 54.1 Å². The quantitative estimate of drug-likeness (QED) is 0.424. The molecule has 0 saturated heterocycles. The van der Waals surface area contributed by atoms with Crippen LogP contribution in [0.15, 0.2) is 65.9 Å². The maximum atomic E-state index is 13.2. The van der Waals surface area contributed by atoms with E-state index in [0.29, 0.717) is 41.6 Å². The molecule has 0 spiro atoms. The minimum atomic E-state index is -0.641. The fourth-order valence-electron chi connectivity index (χ4n) is 3.43. The molecule has 0 saturated carbocycles. The van der Waals surface area contributed by atoms with Crippen LogP contribution in [-0.2, 0) is 16.0 Å². The van der Waals surface area contributed by atoms with E-state index in [9.17, 15) is 9.59 Å². The molecule has 31 heavy (non-hydrogen) atoms. The third-order valence-corrected chi connectivity index (χ3v) is 5.09. The summed E-state index contributed by atoms with van der Waals surface area (Å²) in [6, 6.07) is 16.1. The van der Waals surface area contributed by atoms with Gasteiger partial charge in [-0.2, -0.15) is 0 Å². The van der Waals surface area contributed by atoms with Crippen LogP contribution in [0.1, 0.15) is 23.6 Å². The molecule has 1 aliphatic heterocycles. The Kier molecular flexibility index (Phi) is 8.46. The highest BCUT2D eigenvalue weighted by Gasteiger charge is 2.32. The lowest BCUT2D eigenvalue weighted by Gasteiger charge is -2.30. The zero-order valence-electron chi connectivity index (χ0n) is 17.2. The fraction of sp³-hybridized carbons (Fsp3) is 0.304. The number of ether oxygens (including phenoxy) is 1. The van der Waals surface area contributed by atoms with Crippen molar-refractivity contribution in [1.82, 2.24) is 16.0 Å². The Hall–Kier alpha value is -2.87. The van der Waals surface area contributed by atoms with Gasteiger partial charge in [0.2, 0.25) is 0 Å². The summed E-state index contributed by atoms with van der Waals surface area (Å²) in [7, 11) is 0. The van der Waals surface area contributed by atoms with Crippen molar-refractivity contribution in [2.24, 2.45) is 5.73 Å². The minimum Gasteiger partial charge on any atom is -0.374 e. The molecule has 1 atom stereocenters. The van der Waals surface area contributed by atoms with Crippen molar-refractivity contribution in [3.05, 3.63) is 82.0 Å². The lowest BCUT2D eigenvalue weighted by molar-refractivity contribution is -0.118. The lowest BCUT2D eigenvalue weighted by atomic mass is 9.94. The Balaban J connectivity index is 1.76. The Morgan fingerprint density at radius 2 is 1.97 bits per heavy atom. The number of rotatable bonds is 10. The maximum absolute atomic E-state index is 13.2. The second-order valence-electron chi connectivity index (χ2n) is 7.17. The van der Waals surface area contributed by atoms with E-state index in [1.807, 2.05) is 24.3 Å². The first-order valence-electron chi connectivity index (χ1n) is 10.2. The minimum absolute atomic E-state index is 0.0778. The highest BCUT2D eigenvalue weighted by atomic mass is 35.5. The summed E-state index contributed by atoms with van der Waals surface area (Å²) in [5.41, 5.74) is 8.25. The number of aryl methyl sites for hydroxylation is 1. The van der Waals surface area contributed by atoms with Crippen LogP contribution in [0.3, 0.4) is 0 Å². The first-order chi connectivity index (χ1) is 15.1. The number of halogens is 1. The standard InChI is InChI=1S/C23H27ClN4O3/c24-18-10-4-9-17(14-18)21-20(19(15-31-13-11-25)27-23(30)28-21)22(29)26-12-5-8-16-6-2-1-3-7-16/h1-4,6-7,9-10,14,21H,5,8,11-13,15,25H2,(H,26,29)(H2,27,28,30). The summed E-state index contributed by atoms with van der Waals surface area (Å²) in [6.45, 7) is 1.25. The molecular weight excluding hydrogens is 416 g/mol. The van der Waals surface area contributed by atoms with Crippen LogP contribution in [-0.4, -0.2) is 38.2 Å². The van der Waals surface area contributed by atoms with Crippen LogP contribution in [0.2, 0.25) is 5.02 Å². The van der Waals surface area contributed by atoms with Crippen LogP contribution in [0.25, 0.3) is 0 Å². The number of hydrogen-bond acceptors (Lipinski definition) is 4. The van der Waals surface area contributed by atoms with Gasteiger partial charge >= 0.3 is 6.03 Å². The molecule has 1 aliphatic rings. The molecule has 0 fully saturated rings. The number of nitrogens with one attached hydrogen (secondary N) is 3. The summed E-state index contributed by atoms with van der Waals surface area (Å²) in [4.78, 5) is 25.4. The van der Waals surface area contributed by atoms with Gasteiger partial charge in [0, 0.05) is 18.1 Å². The largest absolute Gasteiger partial charge is 0.374 e. The van der Waals surface area contributed by atoms with Crippen molar-refractivity contribution >= 4 is 23.5 Å². The van der Waals surface area contributed by atoms with Crippen molar-refractivity contribution in [3.8, 4) is 0 Å². The zero-order chi connectivity index (χ0) is 22.1. The smallest absolute Gasteiger partial charge is 0.319 e. The molecule has 8 heteroatoms. The van der Waals surface area contributed by atoms with Crippen molar-refractivity contribution in [2.75, 3.05) is 26.3 Å². The van der Waals surface area contributed by atoms with Crippen molar-refractivity contribution in [2.45, 2.75) is 18.9 Å². The highest BCUT2D eigenvalue weighted by Crippen LogP contribution is 2.28. The molecule has 3 rings (SSSR count). The molecule has 164 valence electrons. The summed E-state index contributed by atoms with van der Waals surface area (Å²) >= 11 is 6.14. The lowest BCUT2D eigenvalue weighted by Crippen LogP contribution is -2.48. The van der Waals surface area contributed by atoms with E-state index in [-0.39, 0.29) is 12.5 Å². The molecule has 1 heterocycles. The molecule has 0 aromatic heterocycles. The molecule has 0 aliphatic carbocycles. The SMILES string of the molecule is NCCOCC1=C(C(=O)NCCCc2ccccc2)C(c2cccc(Cl)c2)NC(=O)N1. The highest BCUT2D eigenvalue weighted by molar-refractivity contribution is 6.30. The van der Waals surface area contributed by atoms with E-state index >= 15 is 0 Å². The van der Waals surface area contributed by atoms with Crippen LogP contribution in [0.5, 0.6) is 0 Å². The average molecular weight is 443 g/mol. The van der Waals surface area contributed by atoms with Gasteiger partial charge in [-0.25, -0.2) is 4.79 Å². The van der Waals surface area contributed by atoms with Gasteiger partial charge in [-0.3, -0.25) is 4.79 Å². The van der Waals surface area contributed by atoms with Crippen molar-refractivity contribution in [1.29, 1.82) is 0 Å². The Morgan fingerprint density at radius 1 is 1.16 bits per heavy atom. The third-order valence-electron chi connectivity index (χ3n) is 4.86. The molecule has 0 radical (unpaired) electrons. The fourth-order valence-corrected chi connectivity index (χ4v) is 3.63. The van der Waals surface area contributed by atoms with Gasteiger partial charge in [0.25, 0.3) is 5.91 Å². The van der Waals surface area contributed by atoms with Crippen LogP contribution in [0.4, 0.5) is 4.79 Å². The Morgan fingerprint density at radius 3 is 2.71 bits per heavy atom. The molecule has 7 nitrogen and oxygen atoms in total. The number of amides is 3. The maximum Gasteiger partial charge on any atom is 0.319 e. The van der Waals surface area contributed by atoms with Gasteiger partial charge in [0.1, 0.15) is 0 Å². The normalized spacial score (nSPS) is 15.9. The Labute approximate surface area is 187 Å². The third kappa shape index (κ3) is 6.55. The van der Waals surface area contributed by atoms with Gasteiger partial charge in [-0.05, 0) is 36.1 Å². The number of hydrogen-bond donors (Lipinski definition) is 4. The van der Waals surface area contributed by atoms with Crippen molar-refractivity contribution < 1.29 is 14.3 Å². The Bertz CT molecular complexity index is 933. The molecule has 3 amide bonds. The van der Waals surface area contributed by atoms with Crippen LogP contribution >= 0.6 is 11.6 Å². The topological polar surface area (TPSA) is 105 Å². The summed E-state index contributed by atoms with van der Waals surface area (Å²) < 4.78 is 5.51. The molecular formula is C23H27ClN4O3. The number of nitrogens with two attached hydrogens (primary N) is 1. The van der Waals surface area contributed by atoms with Crippen molar-refractivity contribution in [3.63, 3.8) is 0 Å². The van der Waals surface area contributed by atoms with E-state index in [0.717, 1.165) is 12.8 Å². The van der Waals surface area contributed by atoms with E-state index in [2.05, 4.69) is 28.1 Å². The number of carbonyl (C=O) groups is 2. The number of urea groups is 1. The first-order valence-corrected chi connectivity index (χ1v) is 10.6. The number of benzene rings is 2. The summed E-state index contributed by atoms with van der Waals surface area (Å²) in [6.07, 6.45) is 1.66. The monoisotopic (exact) mass is 442 g/mol. The van der Waals surface area contributed by atoms with Crippen LogP contribution in [0, 0.1) is 0 Å². The number of carbonyl (C=O) groups excluding carboxylic acids is 2. The van der Waals surface area contributed by atoms with Gasteiger partial charge in [0.05, 0.1) is 30.5 Å². The van der Waals surface area contributed by atoms with E-state index in [4.69, 9.17) is 22.1 Å². The van der Waals surface area contributed by atoms with E-state index < -0.39 is 12.1 Å². The van der Waals surface area contributed by atoms with Crippen LogP contribution < -0.4 is 21.7 Å². The van der Waals surface area contributed by atoms with E-state index in [1.54, 1.807) is 18.2 Å². The predicted octanol–water partition coefficient (Wildman–Crippen LogP) is 2.67. The molecule has 2 aromatic rings. The zero-order valence-corrected chi connectivity index (χ0v) is 18.0. The summed E-state index contributed by atoms with van der Waals surface area (Å²) in [5, 5.41) is 9.02. The van der Waals surface area contributed by atoms with Gasteiger partial charge in [0.15, 0.2) is 0 Å². The molecule has 2 aromatic carbocycles. The second-order valence-corrected chi connectivity index (χ2v) is 7.60. The van der Waals surface area contributed by atoms with Gasteiger partial charge < -0.3 is 26.4 Å². The predicted molar refractivity (Wildman–Crippen MR) is 121 cm³/mol. The second kappa shape index (κ2) is 11.5. The summed E-state index contributed by atoms with van der Waals surface area (Å²) in [5.74, 6) is -0.267. The first kappa shape index (κ1) is 22.8. The molecule has 0 bridgehead atoms. The molecule has 5 N–H and O–H groups in total. The average Bonchev–Trinajstić information content (AvgIpc) is 2.77. The van der Waals surface area contributed by atoms with Gasteiger partial charge in [-0.15, -0.1) is 0 Å².